The lowest BCUT2D eigenvalue weighted by Gasteiger charge is -2.19. The number of hydrogen-bond acceptors (Lipinski definition) is 3. The minimum absolute atomic E-state index is 0.588. The second-order valence-corrected chi connectivity index (χ2v) is 13.9. The zero-order chi connectivity index (χ0) is 35.5. The Morgan fingerprint density at radius 1 is 0.389 bits per heavy atom. The van der Waals surface area contributed by atoms with Crippen LogP contribution in [0.25, 0.3) is 110 Å². The molecule has 0 atom stereocenters. The summed E-state index contributed by atoms with van der Waals surface area (Å²) >= 11 is 0. The number of fused-ring (bicyclic) bond motifs is 14. The summed E-state index contributed by atoms with van der Waals surface area (Å²) in [5.41, 5.74) is 12.3. The van der Waals surface area contributed by atoms with Crippen LogP contribution in [0.1, 0.15) is 5.56 Å². The Morgan fingerprint density at radius 2 is 0.870 bits per heavy atom. The Balaban J connectivity index is 1.24. The maximum Gasteiger partial charge on any atom is 0.137 e. The van der Waals surface area contributed by atoms with Gasteiger partial charge >= 0.3 is 0 Å². The number of hydrogen-bond donors (Lipinski definition) is 0. The van der Waals surface area contributed by atoms with Gasteiger partial charge in [-0.25, -0.2) is 0 Å². The number of nitrogens with zero attached hydrogens (tertiary/aromatic N) is 3. The van der Waals surface area contributed by atoms with Gasteiger partial charge < -0.3 is 18.0 Å². The van der Waals surface area contributed by atoms with Crippen LogP contribution in [0.4, 0.5) is 0 Å². The molecule has 54 heavy (non-hydrogen) atoms. The predicted octanol–water partition coefficient (Wildman–Crippen LogP) is 13.2. The zero-order valence-corrected chi connectivity index (χ0v) is 28.7. The molecule has 250 valence electrons. The molecule has 0 bridgehead atoms. The van der Waals surface area contributed by atoms with Gasteiger partial charge in [-0.3, -0.25) is 0 Å². The van der Waals surface area contributed by atoms with Crippen molar-refractivity contribution in [3.05, 3.63) is 169 Å². The summed E-state index contributed by atoms with van der Waals surface area (Å²) in [5.74, 6) is 0. The number of aromatic nitrogens is 2. The largest absolute Gasteiger partial charge is 0.456 e. The molecule has 0 saturated carbocycles. The van der Waals surface area contributed by atoms with Gasteiger partial charge in [0.05, 0.1) is 55.8 Å². The van der Waals surface area contributed by atoms with Crippen molar-refractivity contribution >= 4 is 87.5 Å². The van der Waals surface area contributed by atoms with Gasteiger partial charge in [0, 0.05) is 43.4 Å². The minimum atomic E-state index is 0.588. The van der Waals surface area contributed by atoms with Gasteiger partial charge in [0.15, 0.2) is 0 Å². The molecule has 0 radical (unpaired) electrons. The quantitative estimate of drug-likeness (QED) is 0.185. The molecule has 4 heterocycles. The Labute approximate surface area is 307 Å². The third-order valence-corrected chi connectivity index (χ3v) is 11.2. The van der Waals surface area contributed by atoms with Crippen molar-refractivity contribution in [1.82, 2.24) is 9.13 Å². The molecule has 4 aromatic heterocycles. The highest BCUT2D eigenvalue weighted by Crippen LogP contribution is 2.46. The van der Waals surface area contributed by atoms with Crippen LogP contribution in [-0.4, -0.2) is 9.13 Å². The van der Waals surface area contributed by atoms with Crippen LogP contribution in [-0.2, 0) is 0 Å². The topological polar surface area (TPSA) is 59.9 Å². The number of benzene rings is 8. The lowest BCUT2D eigenvalue weighted by atomic mass is 9.98. The molecule has 0 amide bonds. The van der Waals surface area contributed by atoms with E-state index in [1.807, 2.05) is 36.4 Å². The minimum Gasteiger partial charge on any atom is -0.456 e. The standard InChI is InChI=1S/C49H27N3O2/c50-28-29-21-22-33(41(27-29)52-40-18-8-3-13-32(40)35-24-26-45-47(49(35)52)37-15-5-10-20-43(37)54-45)30-11-1-6-16-38(30)51-39-17-7-2-12-31(39)34-23-25-44-46(48(34)51)36-14-4-9-19-42(36)53-44/h1-27H. The van der Waals surface area contributed by atoms with E-state index in [2.05, 4.69) is 143 Å². The van der Waals surface area contributed by atoms with E-state index in [4.69, 9.17) is 8.83 Å². The molecule has 0 unspecified atom stereocenters. The molecule has 0 aliphatic heterocycles. The first kappa shape index (κ1) is 29.1. The smallest absolute Gasteiger partial charge is 0.137 e. The van der Waals surface area contributed by atoms with Crippen LogP contribution in [0.15, 0.2) is 173 Å². The Morgan fingerprint density at radius 3 is 1.46 bits per heavy atom. The van der Waals surface area contributed by atoms with Gasteiger partial charge in [-0.2, -0.15) is 5.26 Å². The molecule has 5 heteroatoms. The number of furan rings is 2. The highest BCUT2D eigenvalue weighted by atomic mass is 16.3. The third kappa shape index (κ3) is 3.81. The van der Waals surface area contributed by atoms with Crippen molar-refractivity contribution < 1.29 is 8.83 Å². The molecule has 0 fully saturated rings. The monoisotopic (exact) mass is 689 g/mol. The van der Waals surface area contributed by atoms with E-state index in [1.165, 1.54) is 5.39 Å². The maximum absolute atomic E-state index is 10.3. The summed E-state index contributed by atoms with van der Waals surface area (Å²) < 4.78 is 17.6. The van der Waals surface area contributed by atoms with Gasteiger partial charge in [-0.1, -0.05) is 97.1 Å². The SMILES string of the molecule is N#Cc1ccc(-c2ccccc2-n2c3ccccc3c3ccc4oc5ccccc5c4c32)c(-n2c3ccccc3c3ccc4oc5ccccc5c4c32)c1. The van der Waals surface area contributed by atoms with Crippen LogP contribution < -0.4 is 0 Å². The van der Waals surface area contributed by atoms with Crippen LogP contribution in [0.3, 0.4) is 0 Å². The molecule has 12 aromatic rings. The summed E-state index contributed by atoms with van der Waals surface area (Å²) in [6.07, 6.45) is 0. The molecule has 0 saturated heterocycles. The first-order valence-corrected chi connectivity index (χ1v) is 18.1. The van der Waals surface area contributed by atoms with E-state index >= 15 is 0 Å². The fourth-order valence-corrected chi connectivity index (χ4v) is 8.94. The molecule has 0 aliphatic carbocycles. The third-order valence-electron chi connectivity index (χ3n) is 11.2. The van der Waals surface area contributed by atoms with Gasteiger partial charge in [0.2, 0.25) is 0 Å². The average Bonchev–Trinajstić information content (AvgIpc) is 3.98. The van der Waals surface area contributed by atoms with E-state index in [9.17, 15) is 5.26 Å². The fourth-order valence-electron chi connectivity index (χ4n) is 8.94. The van der Waals surface area contributed by atoms with Gasteiger partial charge in [0.1, 0.15) is 22.3 Å². The van der Waals surface area contributed by atoms with Crippen molar-refractivity contribution in [3.63, 3.8) is 0 Å². The molecule has 5 nitrogen and oxygen atoms in total. The molecule has 12 rings (SSSR count). The van der Waals surface area contributed by atoms with Crippen molar-refractivity contribution in [2.75, 3.05) is 0 Å². The summed E-state index contributed by atoms with van der Waals surface area (Å²) in [5, 5.41) is 19.2. The van der Waals surface area contributed by atoms with Gasteiger partial charge in [-0.15, -0.1) is 0 Å². The zero-order valence-electron chi connectivity index (χ0n) is 28.7. The number of nitriles is 1. The normalized spacial score (nSPS) is 12.1. The Kier molecular flexibility index (Phi) is 5.78. The second kappa shape index (κ2) is 10.7. The average molecular weight is 690 g/mol. The molecular weight excluding hydrogens is 663 g/mol. The molecule has 0 N–H and O–H groups in total. The molecule has 8 aromatic carbocycles. The van der Waals surface area contributed by atoms with E-state index in [1.54, 1.807) is 0 Å². The first-order valence-electron chi connectivity index (χ1n) is 18.1. The van der Waals surface area contributed by atoms with E-state index < -0.39 is 0 Å². The van der Waals surface area contributed by atoms with Crippen molar-refractivity contribution in [1.29, 1.82) is 5.26 Å². The number of para-hydroxylation sites is 5. The molecular formula is C49H27N3O2. The fraction of sp³-hybridized carbons (Fsp3) is 0. The lowest BCUT2D eigenvalue weighted by molar-refractivity contribution is 0.669. The van der Waals surface area contributed by atoms with Gasteiger partial charge in [-0.05, 0) is 66.7 Å². The van der Waals surface area contributed by atoms with Crippen molar-refractivity contribution in [2.24, 2.45) is 0 Å². The predicted molar refractivity (Wildman–Crippen MR) is 220 cm³/mol. The highest BCUT2D eigenvalue weighted by molar-refractivity contribution is 6.26. The van der Waals surface area contributed by atoms with Crippen LogP contribution in [0, 0.1) is 11.3 Å². The van der Waals surface area contributed by atoms with Crippen LogP contribution in [0.5, 0.6) is 0 Å². The summed E-state index contributed by atoms with van der Waals surface area (Å²) in [6, 6.07) is 59.3. The lowest BCUT2D eigenvalue weighted by Crippen LogP contribution is -2.02. The highest BCUT2D eigenvalue weighted by Gasteiger charge is 2.24. The molecule has 0 aliphatic rings. The second-order valence-electron chi connectivity index (χ2n) is 13.9. The van der Waals surface area contributed by atoms with E-state index in [0.717, 1.165) is 105 Å². The van der Waals surface area contributed by atoms with Crippen molar-refractivity contribution in [3.8, 4) is 28.6 Å². The molecule has 0 spiro atoms. The van der Waals surface area contributed by atoms with Gasteiger partial charge in [0.25, 0.3) is 0 Å². The van der Waals surface area contributed by atoms with Crippen molar-refractivity contribution in [2.45, 2.75) is 0 Å². The van der Waals surface area contributed by atoms with Crippen LogP contribution in [0.2, 0.25) is 0 Å². The Hall–Kier alpha value is -7.55. The Bertz CT molecular complexity index is 3590. The summed E-state index contributed by atoms with van der Waals surface area (Å²) in [6.45, 7) is 0. The summed E-state index contributed by atoms with van der Waals surface area (Å²) in [7, 11) is 0. The first-order chi connectivity index (χ1) is 26.8. The van der Waals surface area contributed by atoms with Crippen LogP contribution >= 0.6 is 0 Å². The summed E-state index contributed by atoms with van der Waals surface area (Å²) in [4.78, 5) is 0. The van der Waals surface area contributed by atoms with E-state index in [-0.39, 0.29) is 0 Å². The number of rotatable bonds is 3. The maximum atomic E-state index is 10.3. The van der Waals surface area contributed by atoms with E-state index in [0.29, 0.717) is 5.56 Å².